The van der Waals surface area contributed by atoms with Crippen molar-refractivity contribution in [1.29, 1.82) is 0 Å². The predicted octanol–water partition coefficient (Wildman–Crippen LogP) is 4.21. The molecule has 8 rings (SSSR count). The molecule has 45 heavy (non-hydrogen) atoms. The molecule has 0 radical (unpaired) electrons. The average molecular weight is 611 g/mol. The molecule has 0 saturated heterocycles. The van der Waals surface area contributed by atoms with E-state index in [9.17, 15) is 14.7 Å². The Morgan fingerprint density at radius 3 is 2.82 bits per heavy atom. The van der Waals surface area contributed by atoms with Crippen molar-refractivity contribution in [2.24, 2.45) is 16.8 Å². The Morgan fingerprint density at radius 2 is 2.00 bits per heavy atom. The van der Waals surface area contributed by atoms with Crippen LogP contribution >= 0.6 is 0 Å². The number of para-hydroxylation sites is 1. The number of Topliss-reactive ketones (excluding diaryl/α,β-unsaturated/α-hetero) is 1. The van der Waals surface area contributed by atoms with Gasteiger partial charge in [0.1, 0.15) is 30.1 Å². The lowest BCUT2D eigenvalue weighted by Gasteiger charge is -2.27. The van der Waals surface area contributed by atoms with Gasteiger partial charge in [0.05, 0.1) is 7.11 Å². The molecule has 0 aliphatic carbocycles. The van der Waals surface area contributed by atoms with Crippen molar-refractivity contribution < 1.29 is 37.7 Å². The first-order valence-electron chi connectivity index (χ1n) is 14.9. The van der Waals surface area contributed by atoms with Crippen LogP contribution in [-0.2, 0) is 26.1 Å². The van der Waals surface area contributed by atoms with Crippen LogP contribution < -0.4 is 10.1 Å². The minimum absolute atomic E-state index is 0.00845. The van der Waals surface area contributed by atoms with Gasteiger partial charge < -0.3 is 33.5 Å². The van der Waals surface area contributed by atoms with Crippen molar-refractivity contribution in [2.75, 3.05) is 19.0 Å². The number of ketones is 1. The Morgan fingerprint density at radius 1 is 1.16 bits per heavy atom. The normalized spacial score (nSPS) is 24.3. The zero-order valence-electron chi connectivity index (χ0n) is 24.8. The molecule has 6 bridgehead atoms. The third-order valence-electron chi connectivity index (χ3n) is 9.05. The molecule has 0 amide bonds. The predicted molar refractivity (Wildman–Crippen MR) is 158 cm³/mol. The zero-order valence-corrected chi connectivity index (χ0v) is 24.8. The van der Waals surface area contributed by atoms with Crippen LogP contribution in [0.2, 0.25) is 0 Å². The van der Waals surface area contributed by atoms with E-state index in [0.717, 1.165) is 22.4 Å². The number of hydrogen-bond donors (Lipinski definition) is 2. The summed E-state index contributed by atoms with van der Waals surface area (Å²) < 4.78 is 30.0. The summed E-state index contributed by atoms with van der Waals surface area (Å²) in [7, 11) is 1.27. The van der Waals surface area contributed by atoms with Crippen molar-refractivity contribution in [3.63, 3.8) is 0 Å². The average Bonchev–Trinajstić information content (AvgIpc) is 3.86. The summed E-state index contributed by atoms with van der Waals surface area (Å²) in [6, 6.07) is 13.2. The van der Waals surface area contributed by atoms with E-state index in [-0.39, 0.29) is 42.2 Å². The number of hydrogen-bond acceptors (Lipinski definition) is 12. The molecule has 4 aromatic rings. The summed E-state index contributed by atoms with van der Waals surface area (Å²) in [5, 5.41) is 14.1. The fourth-order valence-corrected chi connectivity index (χ4v) is 6.83. The standard InChI is InChI=1S/C33H30N4O8/c1-15(2)26(39)23(38)12-17-10-16-8-9-24-19(11-16)33(18-6-4-5-7-20(18)36-32(33)44-24)27-25(30-35-22(14-43-30)31(40)41-3)37-29(45-27)21-13-42-28(17)34-21/h4-9,11,14-15,17,21,26,32,36,39H,10,12-13H2,1-3H3/t17?,21?,26-,32?,33-/m0/s1. The highest BCUT2D eigenvalue weighted by molar-refractivity contribution is 5.90. The number of nitrogens with zero attached hydrogens (tertiary/aromatic N) is 3. The van der Waals surface area contributed by atoms with Gasteiger partial charge in [-0.3, -0.25) is 4.79 Å². The highest BCUT2D eigenvalue weighted by atomic mass is 16.5. The molecular weight excluding hydrogens is 580 g/mol. The number of ether oxygens (including phenoxy) is 3. The topological polar surface area (TPSA) is 159 Å². The molecule has 230 valence electrons. The van der Waals surface area contributed by atoms with Gasteiger partial charge >= 0.3 is 5.97 Å². The second-order valence-electron chi connectivity index (χ2n) is 12.1. The molecule has 12 heteroatoms. The number of carbonyl (C=O) groups is 2. The monoisotopic (exact) mass is 610 g/mol. The van der Waals surface area contributed by atoms with Gasteiger partial charge in [-0.05, 0) is 35.6 Å². The number of carbonyl (C=O) groups excluding carboxylic acids is 2. The Bertz CT molecular complexity index is 1890. The number of esters is 1. The maximum Gasteiger partial charge on any atom is 0.360 e. The summed E-state index contributed by atoms with van der Waals surface area (Å²) in [5.41, 5.74) is 2.81. The summed E-state index contributed by atoms with van der Waals surface area (Å²) in [6.07, 6.45) is 0.0474. The van der Waals surface area contributed by atoms with Crippen LogP contribution in [-0.4, -0.2) is 58.8 Å². The van der Waals surface area contributed by atoms with E-state index in [1.165, 1.54) is 13.4 Å². The van der Waals surface area contributed by atoms with Gasteiger partial charge in [-0.25, -0.2) is 19.8 Å². The molecule has 2 aromatic carbocycles. The van der Waals surface area contributed by atoms with Crippen molar-refractivity contribution in [1.82, 2.24) is 9.97 Å². The van der Waals surface area contributed by atoms with E-state index < -0.39 is 35.7 Å². The highest BCUT2D eigenvalue weighted by Crippen LogP contribution is 2.59. The summed E-state index contributed by atoms with van der Waals surface area (Å²) in [6.45, 7) is 3.77. The van der Waals surface area contributed by atoms with Crippen molar-refractivity contribution in [3.05, 3.63) is 82.8 Å². The summed E-state index contributed by atoms with van der Waals surface area (Å²) in [4.78, 5) is 39.6. The molecule has 5 atom stereocenters. The molecule has 3 unspecified atom stereocenters. The van der Waals surface area contributed by atoms with Crippen molar-refractivity contribution in [2.45, 2.75) is 50.5 Å². The van der Waals surface area contributed by atoms with Crippen molar-refractivity contribution >= 4 is 23.3 Å². The molecule has 0 fully saturated rings. The van der Waals surface area contributed by atoms with Crippen LogP contribution in [0.15, 0.2) is 62.6 Å². The third-order valence-corrected chi connectivity index (χ3v) is 9.05. The second-order valence-corrected chi connectivity index (χ2v) is 12.1. The molecule has 2 N–H and O–H groups in total. The number of aliphatic hydroxyl groups is 1. The van der Waals surface area contributed by atoms with E-state index in [2.05, 4.69) is 16.4 Å². The Balaban J connectivity index is 1.36. The van der Waals surface area contributed by atoms with E-state index in [0.29, 0.717) is 29.5 Å². The lowest BCUT2D eigenvalue weighted by molar-refractivity contribution is -0.129. The maximum atomic E-state index is 13.1. The van der Waals surface area contributed by atoms with Gasteiger partial charge in [0.25, 0.3) is 0 Å². The summed E-state index contributed by atoms with van der Waals surface area (Å²) in [5.74, 6) is 0.287. The number of aliphatic imine (C=N–C) groups is 1. The van der Waals surface area contributed by atoms with E-state index in [1.54, 1.807) is 0 Å². The number of aromatic nitrogens is 2. The fraction of sp³-hybridized carbons (Fsp3) is 0.364. The van der Waals surface area contributed by atoms with Crippen molar-refractivity contribution in [3.8, 4) is 17.3 Å². The molecule has 2 aromatic heterocycles. The number of anilines is 1. The zero-order chi connectivity index (χ0) is 31.0. The van der Waals surface area contributed by atoms with E-state index in [4.69, 9.17) is 33.0 Å². The highest BCUT2D eigenvalue weighted by Gasteiger charge is 2.61. The smallest absolute Gasteiger partial charge is 0.360 e. The quantitative estimate of drug-likeness (QED) is 0.301. The minimum atomic E-state index is -1.09. The van der Waals surface area contributed by atoms with Crippen LogP contribution in [0.4, 0.5) is 5.69 Å². The molecule has 0 saturated carbocycles. The maximum absolute atomic E-state index is 13.1. The van der Waals surface area contributed by atoms with Crippen LogP contribution in [0.3, 0.4) is 0 Å². The molecule has 4 aliphatic heterocycles. The number of methoxy groups -OCH3 is 1. The van der Waals surface area contributed by atoms with Crippen LogP contribution in [0.25, 0.3) is 11.6 Å². The van der Waals surface area contributed by atoms with E-state index in [1.807, 2.05) is 50.2 Å². The Kier molecular flexibility index (Phi) is 6.14. The van der Waals surface area contributed by atoms with Gasteiger partial charge in [-0.1, -0.05) is 44.2 Å². The van der Waals surface area contributed by atoms with Crippen LogP contribution in [0.5, 0.6) is 5.75 Å². The molecule has 4 aliphatic rings. The van der Waals surface area contributed by atoms with Gasteiger partial charge in [0.2, 0.25) is 11.8 Å². The first kappa shape index (κ1) is 27.6. The molecular formula is C33H30N4O8. The lowest BCUT2D eigenvalue weighted by atomic mass is 9.72. The molecule has 12 nitrogen and oxygen atoms in total. The van der Waals surface area contributed by atoms with Gasteiger partial charge in [-0.2, -0.15) is 0 Å². The number of nitrogens with one attached hydrogen (secondary N) is 1. The molecule has 1 spiro atoms. The van der Waals surface area contributed by atoms with Gasteiger partial charge in [-0.15, -0.1) is 0 Å². The lowest BCUT2D eigenvalue weighted by Crippen LogP contribution is -2.40. The second kappa shape index (κ2) is 10.0. The third kappa shape index (κ3) is 4.04. The number of aliphatic hydroxyl groups excluding tert-OH is 1. The number of fused-ring (bicyclic) bond motifs is 6. The minimum Gasteiger partial charge on any atom is -0.478 e. The molecule has 6 heterocycles. The first-order valence-corrected chi connectivity index (χ1v) is 14.9. The Labute approximate surface area is 257 Å². The van der Waals surface area contributed by atoms with Crippen LogP contribution in [0, 0.1) is 11.8 Å². The number of oxazole rings is 2. The fourth-order valence-electron chi connectivity index (χ4n) is 6.83. The number of benzene rings is 2. The first-order chi connectivity index (χ1) is 21.8. The summed E-state index contributed by atoms with van der Waals surface area (Å²) >= 11 is 0. The van der Waals surface area contributed by atoms with E-state index >= 15 is 0 Å². The van der Waals surface area contributed by atoms with Gasteiger partial charge in [0.15, 0.2) is 41.1 Å². The Hall–Kier alpha value is -4.97. The SMILES string of the molecule is COC(=O)c1coc(-c2nc3oc2[C@@]24c5ccccc5NC2Oc2ccc(cc24)CC(CC(=O)[C@@H](O)C(C)C)C2=NC3CO2)n1. The number of rotatable bonds is 6. The van der Waals surface area contributed by atoms with Crippen LogP contribution in [0.1, 0.15) is 65.1 Å². The van der Waals surface area contributed by atoms with Gasteiger partial charge in [0, 0.05) is 23.6 Å². The largest absolute Gasteiger partial charge is 0.478 e.